The number of hydrogen-bond acceptors (Lipinski definition) is 3. The van der Waals surface area contributed by atoms with Gasteiger partial charge in [-0.25, -0.2) is 4.39 Å². The summed E-state index contributed by atoms with van der Waals surface area (Å²) in [5, 5.41) is 5.43. The lowest BCUT2D eigenvalue weighted by atomic mass is 9.92. The van der Waals surface area contributed by atoms with E-state index < -0.39 is 9.73 Å². The molecule has 1 aliphatic heterocycles. The lowest BCUT2D eigenvalue weighted by Gasteiger charge is -2.32. The number of nitrogens with one attached hydrogen (secondary N) is 2. The first-order valence-electron chi connectivity index (χ1n) is 8.43. The van der Waals surface area contributed by atoms with Crippen molar-refractivity contribution in [2.45, 2.75) is 29.2 Å². The van der Waals surface area contributed by atoms with Crippen LogP contribution in [0.25, 0.3) is 0 Å². The van der Waals surface area contributed by atoms with Crippen LogP contribution in [0.1, 0.15) is 29.6 Å². The maximum atomic E-state index is 13.4. The number of halogens is 5. The number of carbonyl (C=O) groups excluding carboxylic acids is 2. The first-order chi connectivity index (χ1) is 12.6. The van der Waals surface area contributed by atoms with E-state index in [1.54, 1.807) is 0 Å². The van der Waals surface area contributed by atoms with Crippen LogP contribution < -0.4 is 10.6 Å². The van der Waals surface area contributed by atoms with E-state index in [4.69, 9.17) is 46.4 Å². The SMILES string of the molecule is O=C(CN1CCC2(CC1)C[C@H]2NC(=O)c1cc(F)cc(Cl)c1)NC(Cl)(Cl)Cl. The average Bonchev–Trinajstić information content (AvgIpc) is 3.18. The number of carbonyl (C=O) groups is 2. The third-order valence-corrected chi connectivity index (χ3v) is 5.62. The summed E-state index contributed by atoms with van der Waals surface area (Å²) in [7, 11) is 0. The molecular weight excluding hydrogens is 439 g/mol. The molecule has 1 saturated carbocycles. The Labute approximate surface area is 176 Å². The Bertz CT molecular complexity index is 728. The molecule has 1 spiro atoms. The van der Waals surface area contributed by atoms with Crippen LogP contribution in [-0.4, -0.2) is 46.3 Å². The summed E-state index contributed by atoms with van der Waals surface area (Å²) in [6, 6.07) is 3.82. The zero-order chi connectivity index (χ0) is 19.8. The topological polar surface area (TPSA) is 61.4 Å². The fourth-order valence-electron chi connectivity index (χ4n) is 3.59. The van der Waals surface area contributed by atoms with Crippen LogP contribution in [-0.2, 0) is 4.79 Å². The largest absolute Gasteiger partial charge is 0.349 e. The Morgan fingerprint density at radius 1 is 1.22 bits per heavy atom. The predicted molar refractivity (Wildman–Crippen MR) is 104 cm³/mol. The van der Waals surface area contributed by atoms with Crippen LogP contribution >= 0.6 is 46.4 Å². The molecule has 1 aromatic rings. The van der Waals surface area contributed by atoms with Gasteiger partial charge in [0.15, 0.2) is 0 Å². The van der Waals surface area contributed by atoms with Gasteiger partial charge in [-0.1, -0.05) is 46.4 Å². The molecule has 1 aliphatic carbocycles. The summed E-state index contributed by atoms with van der Waals surface area (Å²) in [4.78, 5) is 26.1. The van der Waals surface area contributed by atoms with E-state index in [1.165, 1.54) is 12.1 Å². The molecule has 2 fully saturated rings. The summed E-state index contributed by atoms with van der Waals surface area (Å²) in [5.41, 5.74) is 0.248. The molecule has 10 heteroatoms. The second-order valence-electron chi connectivity index (χ2n) is 7.07. The van der Waals surface area contributed by atoms with E-state index in [1.807, 2.05) is 4.90 Å². The van der Waals surface area contributed by atoms with E-state index in [0.717, 1.165) is 25.3 Å². The number of nitrogens with zero attached hydrogens (tertiary/aromatic N) is 1. The van der Waals surface area contributed by atoms with Crippen LogP contribution in [0.2, 0.25) is 5.02 Å². The van der Waals surface area contributed by atoms with Crippen molar-refractivity contribution >= 4 is 58.2 Å². The normalized spacial score (nSPS) is 21.7. The molecule has 2 amide bonds. The number of amides is 2. The number of likely N-dealkylation sites (tertiary alicyclic amines) is 1. The molecule has 2 aliphatic rings. The number of benzene rings is 1. The number of alkyl halides is 3. The van der Waals surface area contributed by atoms with Gasteiger partial charge in [0.2, 0.25) is 5.91 Å². The van der Waals surface area contributed by atoms with Gasteiger partial charge in [-0.05, 0) is 56.0 Å². The highest BCUT2D eigenvalue weighted by Crippen LogP contribution is 2.53. The Kier molecular flexibility index (Phi) is 6.14. The summed E-state index contributed by atoms with van der Waals surface area (Å²) >= 11 is 22.4. The van der Waals surface area contributed by atoms with Gasteiger partial charge in [-0.2, -0.15) is 0 Å². The van der Waals surface area contributed by atoms with Gasteiger partial charge in [-0.3, -0.25) is 14.5 Å². The minimum absolute atomic E-state index is 0.0367. The van der Waals surface area contributed by atoms with Crippen molar-refractivity contribution in [3.8, 4) is 0 Å². The van der Waals surface area contributed by atoms with E-state index in [-0.39, 0.29) is 40.4 Å². The molecular formula is C17H18Cl4FN3O2. The van der Waals surface area contributed by atoms with Gasteiger partial charge in [-0.15, -0.1) is 0 Å². The molecule has 0 unspecified atom stereocenters. The standard InChI is InChI=1S/C17H18Cl4FN3O2/c18-11-5-10(6-12(22)7-11)15(27)23-13-8-16(13)1-3-25(4-2-16)9-14(26)24-17(19,20)21/h5-7,13H,1-4,8-9H2,(H,23,27)(H,24,26)/t13-/m1/s1. The highest BCUT2D eigenvalue weighted by molar-refractivity contribution is 6.67. The molecule has 5 nitrogen and oxygen atoms in total. The van der Waals surface area contributed by atoms with Crippen molar-refractivity contribution in [1.29, 1.82) is 0 Å². The van der Waals surface area contributed by atoms with Crippen molar-refractivity contribution in [3.05, 3.63) is 34.6 Å². The monoisotopic (exact) mass is 455 g/mol. The number of hydrogen-bond donors (Lipinski definition) is 2. The lowest BCUT2D eigenvalue weighted by Crippen LogP contribution is -2.46. The Hall–Kier alpha value is -0.790. The Morgan fingerprint density at radius 3 is 2.48 bits per heavy atom. The molecule has 1 aromatic carbocycles. The maximum absolute atomic E-state index is 13.4. The Balaban J connectivity index is 1.48. The van der Waals surface area contributed by atoms with Gasteiger partial charge < -0.3 is 10.6 Å². The summed E-state index contributed by atoms with van der Waals surface area (Å²) in [5.74, 6) is -1.23. The fourth-order valence-corrected chi connectivity index (χ4v) is 4.13. The minimum atomic E-state index is -1.81. The molecule has 1 saturated heterocycles. The van der Waals surface area contributed by atoms with Crippen LogP contribution in [0.15, 0.2) is 18.2 Å². The number of piperidine rings is 1. The van der Waals surface area contributed by atoms with E-state index >= 15 is 0 Å². The van der Waals surface area contributed by atoms with E-state index in [9.17, 15) is 14.0 Å². The Morgan fingerprint density at radius 2 is 1.89 bits per heavy atom. The second kappa shape index (κ2) is 7.91. The average molecular weight is 457 g/mol. The van der Waals surface area contributed by atoms with Crippen molar-refractivity contribution in [1.82, 2.24) is 15.5 Å². The second-order valence-corrected chi connectivity index (χ2v) is 9.79. The smallest absolute Gasteiger partial charge is 0.267 e. The predicted octanol–water partition coefficient (Wildman–Crippen LogP) is 3.51. The van der Waals surface area contributed by atoms with Crippen LogP contribution in [0, 0.1) is 11.2 Å². The van der Waals surface area contributed by atoms with Gasteiger partial charge in [0.05, 0.1) is 6.54 Å². The zero-order valence-corrected chi connectivity index (χ0v) is 17.2. The highest BCUT2D eigenvalue weighted by Gasteiger charge is 2.55. The zero-order valence-electron chi connectivity index (χ0n) is 14.2. The van der Waals surface area contributed by atoms with Crippen LogP contribution in [0.5, 0.6) is 0 Å². The van der Waals surface area contributed by atoms with E-state index in [2.05, 4.69) is 10.6 Å². The van der Waals surface area contributed by atoms with Gasteiger partial charge >= 0.3 is 0 Å². The highest BCUT2D eigenvalue weighted by atomic mass is 35.6. The van der Waals surface area contributed by atoms with Gasteiger partial charge in [0.25, 0.3) is 9.82 Å². The summed E-state index contributed by atoms with van der Waals surface area (Å²) in [6.07, 6.45) is 2.57. The number of rotatable bonds is 4. The molecule has 27 heavy (non-hydrogen) atoms. The molecule has 148 valence electrons. The molecule has 1 atom stereocenters. The molecule has 2 N–H and O–H groups in total. The lowest BCUT2D eigenvalue weighted by molar-refractivity contribution is -0.122. The quantitative estimate of drug-likeness (QED) is 0.538. The van der Waals surface area contributed by atoms with Crippen molar-refractivity contribution in [2.75, 3.05) is 19.6 Å². The third-order valence-electron chi connectivity index (χ3n) is 5.12. The minimum Gasteiger partial charge on any atom is -0.349 e. The van der Waals surface area contributed by atoms with Crippen LogP contribution in [0.3, 0.4) is 0 Å². The maximum Gasteiger partial charge on any atom is 0.267 e. The van der Waals surface area contributed by atoms with Gasteiger partial charge in [0, 0.05) is 16.6 Å². The molecule has 0 bridgehead atoms. The molecule has 3 rings (SSSR count). The van der Waals surface area contributed by atoms with Crippen molar-refractivity contribution in [2.24, 2.45) is 5.41 Å². The van der Waals surface area contributed by atoms with Gasteiger partial charge in [0.1, 0.15) is 5.82 Å². The van der Waals surface area contributed by atoms with Crippen molar-refractivity contribution < 1.29 is 14.0 Å². The van der Waals surface area contributed by atoms with Crippen LogP contribution in [0.4, 0.5) is 4.39 Å². The van der Waals surface area contributed by atoms with Crippen molar-refractivity contribution in [3.63, 3.8) is 0 Å². The molecule has 0 radical (unpaired) electrons. The van der Waals surface area contributed by atoms with E-state index in [0.29, 0.717) is 13.1 Å². The molecule has 0 aromatic heterocycles. The molecule has 1 heterocycles. The summed E-state index contributed by atoms with van der Waals surface area (Å²) < 4.78 is 11.6. The summed E-state index contributed by atoms with van der Waals surface area (Å²) in [6.45, 7) is 1.58. The first kappa shape index (κ1) is 20.9. The fraction of sp³-hybridized carbons (Fsp3) is 0.529. The first-order valence-corrected chi connectivity index (χ1v) is 9.95. The third kappa shape index (κ3) is 5.61.